The molecule has 2 unspecified atom stereocenters. The molecule has 0 aromatic carbocycles. The zero-order chi connectivity index (χ0) is 37.0. The van der Waals surface area contributed by atoms with Crippen molar-refractivity contribution in [2.24, 2.45) is 0 Å². The van der Waals surface area contributed by atoms with Gasteiger partial charge in [-0.25, -0.2) is 0 Å². The molecule has 0 aliphatic carbocycles. The van der Waals surface area contributed by atoms with E-state index in [0.717, 1.165) is 98.0 Å². The molecule has 340 valence electrons. The Morgan fingerprint density at radius 1 is 0.327 bits per heavy atom. The molecule has 4 N–H and O–H groups in total. The molecule has 0 heterocycles. The smallest absolute Gasteiger partial charge is 0.0932 e. The average molecular weight is 875 g/mol. The summed E-state index contributed by atoms with van der Waals surface area (Å²) in [5, 5.41) is 14.3. The third-order valence-corrected chi connectivity index (χ3v) is 9.56. The molecular weight excluding hydrogens is 778 g/mol. The minimum atomic E-state index is 0. The summed E-state index contributed by atoms with van der Waals surface area (Å²) >= 11 is 0. The Morgan fingerprint density at radius 2 is 0.600 bits per heavy atom. The maximum absolute atomic E-state index is 5.95. The molecule has 0 spiro atoms. The Hall–Kier alpha value is 0.840. The minimum absolute atomic E-state index is 0. The van der Waals surface area contributed by atoms with Crippen molar-refractivity contribution >= 4 is 49.6 Å². The molecule has 0 bridgehead atoms. The molecule has 0 rings (SSSR count). The summed E-state index contributed by atoms with van der Waals surface area (Å²) in [7, 11) is 0. The average Bonchev–Trinajstić information content (AvgIpc) is 3.13. The first kappa shape index (κ1) is 65.0. The van der Waals surface area contributed by atoms with Gasteiger partial charge in [-0.3, -0.25) is 0 Å². The molecule has 8 nitrogen and oxygen atoms in total. The molecule has 0 radical (unpaired) electrons. The fourth-order valence-electron chi connectivity index (χ4n) is 6.41. The highest BCUT2D eigenvalue weighted by Crippen LogP contribution is 2.12. The lowest BCUT2D eigenvalue weighted by Gasteiger charge is -2.18. The van der Waals surface area contributed by atoms with E-state index in [0.29, 0.717) is 13.2 Å². The van der Waals surface area contributed by atoms with Crippen molar-refractivity contribution in [1.82, 2.24) is 21.3 Å². The SMILES string of the molecule is CCCCCCCCCCCCOCC(CNCCCNCCCNCCCNCC(COCCCCCCCCCCCC)OCC)OCC.Cl.Cl.Cl.Cl. The van der Waals surface area contributed by atoms with Gasteiger partial charge in [0.1, 0.15) is 0 Å². The van der Waals surface area contributed by atoms with Crippen LogP contribution in [0.5, 0.6) is 0 Å². The highest BCUT2D eigenvalue weighted by Gasteiger charge is 2.09. The topological polar surface area (TPSA) is 85.0 Å². The summed E-state index contributed by atoms with van der Waals surface area (Å²) in [6.45, 7) is 21.3. The van der Waals surface area contributed by atoms with Crippen LogP contribution in [0.2, 0.25) is 0 Å². The molecule has 2 atom stereocenters. The van der Waals surface area contributed by atoms with Crippen molar-refractivity contribution < 1.29 is 18.9 Å². The lowest BCUT2D eigenvalue weighted by atomic mass is 10.1. The molecule has 12 heteroatoms. The second-order valence-electron chi connectivity index (χ2n) is 14.6. The van der Waals surface area contributed by atoms with Gasteiger partial charge in [-0.2, -0.15) is 0 Å². The first-order valence-corrected chi connectivity index (χ1v) is 22.5. The second kappa shape index (κ2) is 59.2. The van der Waals surface area contributed by atoms with Gasteiger partial charge in [-0.05, 0) is 85.2 Å². The van der Waals surface area contributed by atoms with Gasteiger partial charge in [0, 0.05) is 39.5 Å². The maximum Gasteiger partial charge on any atom is 0.0932 e. The fraction of sp³-hybridized carbons (Fsp3) is 1.00. The standard InChI is InChI=1S/C43H92N4O4.4ClH/c1-5-9-11-13-15-17-19-21-23-25-36-48-40-42(50-7-3)38-46-34-28-32-44-30-27-31-45-33-29-35-47-39-43(51-8-4)41-49-37-26-24-22-20-18-16-14-12-10-6-2;;;;/h42-47H,5-41H2,1-4H3;4*1H. The van der Waals surface area contributed by atoms with Gasteiger partial charge in [0.2, 0.25) is 0 Å². The molecule has 0 saturated heterocycles. The summed E-state index contributed by atoms with van der Waals surface area (Å²) in [5.74, 6) is 0. The van der Waals surface area contributed by atoms with Crippen LogP contribution >= 0.6 is 49.6 Å². The van der Waals surface area contributed by atoms with Gasteiger partial charge in [0.15, 0.2) is 0 Å². The number of hydrogen-bond acceptors (Lipinski definition) is 8. The molecule has 0 aliphatic heterocycles. The molecule has 0 amide bonds. The predicted molar refractivity (Wildman–Crippen MR) is 250 cm³/mol. The van der Waals surface area contributed by atoms with Gasteiger partial charge < -0.3 is 40.2 Å². The van der Waals surface area contributed by atoms with Crippen molar-refractivity contribution in [3.63, 3.8) is 0 Å². The Balaban J connectivity index is -0.00000208. The second-order valence-corrected chi connectivity index (χ2v) is 14.6. The largest absolute Gasteiger partial charge is 0.379 e. The molecule has 0 aliphatic rings. The van der Waals surface area contributed by atoms with Gasteiger partial charge >= 0.3 is 0 Å². The van der Waals surface area contributed by atoms with E-state index in [1.807, 2.05) is 0 Å². The van der Waals surface area contributed by atoms with E-state index in [-0.39, 0.29) is 61.8 Å². The molecule has 0 fully saturated rings. The zero-order valence-electron chi connectivity index (χ0n) is 36.6. The molecular formula is C43H96Cl4N4O4. The van der Waals surface area contributed by atoms with Crippen LogP contribution in [0.25, 0.3) is 0 Å². The maximum atomic E-state index is 5.95. The highest BCUT2D eigenvalue weighted by atomic mass is 35.5. The van der Waals surface area contributed by atoms with Crippen LogP contribution in [-0.4, -0.2) is 104 Å². The van der Waals surface area contributed by atoms with E-state index in [9.17, 15) is 0 Å². The van der Waals surface area contributed by atoms with Crippen LogP contribution in [-0.2, 0) is 18.9 Å². The van der Waals surface area contributed by atoms with Gasteiger partial charge in [-0.1, -0.05) is 129 Å². The summed E-state index contributed by atoms with van der Waals surface area (Å²) in [6.07, 6.45) is 30.9. The predicted octanol–water partition coefficient (Wildman–Crippen LogP) is 10.9. The third-order valence-electron chi connectivity index (χ3n) is 9.56. The number of unbranched alkanes of at least 4 members (excludes halogenated alkanes) is 18. The lowest BCUT2D eigenvalue weighted by Crippen LogP contribution is -2.35. The van der Waals surface area contributed by atoms with Crippen molar-refractivity contribution in [2.45, 2.75) is 188 Å². The molecule has 0 aromatic heterocycles. The van der Waals surface area contributed by atoms with Gasteiger partial charge in [0.05, 0.1) is 25.4 Å². The van der Waals surface area contributed by atoms with E-state index in [2.05, 4.69) is 49.0 Å². The zero-order valence-corrected chi connectivity index (χ0v) is 39.8. The molecule has 0 saturated carbocycles. The van der Waals surface area contributed by atoms with Crippen LogP contribution in [0.4, 0.5) is 0 Å². The van der Waals surface area contributed by atoms with E-state index < -0.39 is 0 Å². The van der Waals surface area contributed by atoms with Crippen molar-refractivity contribution in [3.8, 4) is 0 Å². The fourth-order valence-corrected chi connectivity index (χ4v) is 6.41. The Kier molecular flexibility index (Phi) is 69.9. The van der Waals surface area contributed by atoms with Crippen LogP contribution in [0.3, 0.4) is 0 Å². The summed E-state index contributed by atoms with van der Waals surface area (Å²) in [6, 6.07) is 0. The monoisotopic (exact) mass is 873 g/mol. The number of ether oxygens (including phenoxy) is 4. The van der Waals surface area contributed by atoms with Crippen molar-refractivity contribution in [2.75, 3.05) is 92.0 Å². The van der Waals surface area contributed by atoms with E-state index in [4.69, 9.17) is 18.9 Å². The Morgan fingerprint density at radius 3 is 0.891 bits per heavy atom. The normalized spacial score (nSPS) is 12.0. The van der Waals surface area contributed by atoms with E-state index in [1.54, 1.807) is 0 Å². The molecule has 0 aromatic rings. The summed E-state index contributed by atoms with van der Waals surface area (Å²) < 4.78 is 23.7. The van der Waals surface area contributed by atoms with E-state index in [1.165, 1.54) is 128 Å². The summed E-state index contributed by atoms with van der Waals surface area (Å²) in [5.41, 5.74) is 0. The third kappa shape index (κ3) is 54.8. The van der Waals surface area contributed by atoms with Crippen LogP contribution < -0.4 is 21.3 Å². The Labute approximate surface area is 367 Å². The first-order valence-electron chi connectivity index (χ1n) is 22.5. The number of rotatable bonds is 46. The van der Waals surface area contributed by atoms with Crippen molar-refractivity contribution in [1.29, 1.82) is 0 Å². The quantitative estimate of drug-likeness (QED) is 0.0450. The minimum Gasteiger partial charge on any atom is -0.379 e. The number of halogens is 4. The summed E-state index contributed by atoms with van der Waals surface area (Å²) in [4.78, 5) is 0. The van der Waals surface area contributed by atoms with Crippen molar-refractivity contribution in [3.05, 3.63) is 0 Å². The van der Waals surface area contributed by atoms with Crippen LogP contribution in [0, 0.1) is 0 Å². The highest BCUT2D eigenvalue weighted by molar-refractivity contribution is 5.86. The Bertz CT molecular complexity index is 589. The van der Waals surface area contributed by atoms with Crippen LogP contribution in [0.15, 0.2) is 0 Å². The lowest BCUT2D eigenvalue weighted by molar-refractivity contribution is -0.0113. The number of hydrogen-bond donors (Lipinski definition) is 4. The van der Waals surface area contributed by atoms with E-state index >= 15 is 0 Å². The first-order chi connectivity index (χ1) is 25.3. The van der Waals surface area contributed by atoms with Crippen LogP contribution in [0.1, 0.15) is 175 Å². The molecule has 55 heavy (non-hydrogen) atoms. The van der Waals surface area contributed by atoms with Gasteiger partial charge in [0.25, 0.3) is 0 Å². The van der Waals surface area contributed by atoms with Gasteiger partial charge in [-0.15, -0.1) is 49.6 Å². The number of nitrogens with one attached hydrogen (secondary N) is 4.